The summed E-state index contributed by atoms with van der Waals surface area (Å²) in [6, 6.07) is -1.10. The average molecular weight is 282 g/mol. The maximum atomic E-state index is 12.0. The smallest absolute Gasteiger partial charge is 0.307 e. The number of carboxylic acid groups (broad SMARTS) is 1. The monoisotopic (exact) mass is 282 g/mol. The minimum atomic E-state index is -0.992. The van der Waals surface area contributed by atoms with Crippen molar-refractivity contribution in [3.63, 3.8) is 0 Å². The highest BCUT2D eigenvalue weighted by molar-refractivity contribution is 6.07. The number of hydrogen-bond donors (Lipinski definition) is 2. The summed E-state index contributed by atoms with van der Waals surface area (Å²) in [5.74, 6) is -3.43. The van der Waals surface area contributed by atoms with Crippen molar-refractivity contribution >= 4 is 23.7 Å². The van der Waals surface area contributed by atoms with E-state index in [9.17, 15) is 19.2 Å². The van der Waals surface area contributed by atoms with Gasteiger partial charge in [0, 0.05) is 6.04 Å². The maximum absolute atomic E-state index is 12.0. The van der Waals surface area contributed by atoms with Gasteiger partial charge in [-0.15, -0.1) is 0 Å². The summed E-state index contributed by atoms with van der Waals surface area (Å²) < 4.78 is 0. The number of imide groups is 1. The number of aliphatic carboxylic acids is 1. The Kier molecular flexibility index (Phi) is 3.78. The van der Waals surface area contributed by atoms with E-state index in [2.05, 4.69) is 5.32 Å². The molecule has 2 aliphatic rings. The number of likely N-dealkylation sites (tertiary alicyclic amines) is 1. The van der Waals surface area contributed by atoms with Gasteiger partial charge in [0.05, 0.1) is 18.3 Å². The normalized spacial score (nSPS) is 29.6. The molecule has 2 N–H and O–H groups in total. The van der Waals surface area contributed by atoms with Gasteiger partial charge in [-0.3, -0.25) is 24.1 Å². The van der Waals surface area contributed by atoms with E-state index >= 15 is 0 Å². The molecule has 0 radical (unpaired) electrons. The Morgan fingerprint density at radius 3 is 2.25 bits per heavy atom. The Morgan fingerprint density at radius 1 is 1.25 bits per heavy atom. The van der Waals surface area contributed by atoms with Crippen molar-refractivity contribution in [1.82, 2.24) is 10.2 Å². The zero-order chi connectivity index (χ0) is 15.0. The number of nitrogens with zero attached hydrogens (tertiary/aromatic N) is 1. The molecule has 2 rings (SSSR count). The molecule has 1 heterocycles. The van der Waals surface area contributed by atoms with Gasteiger partial charge in [-0.1, -0.05) is 0 Å². The molecule has 7 heteroatoms. The van der Waals surface area contributed by atoms with Crippen LogP contribution in [0.1, 0.15) is 33.1 Å². The minimum absolute atomic E-state index is 0.0484. The predicted molar refractivity (Wildman–Crippen MR) is 67.4 cm³/mol. The van der Waals surface area contributed by atoms with Crippen molar-refractivity contribution in [2.24, 2.45) is 11.8 Å². The zero-order valence-corrected chi connectivity index (χ0v) is 11.5. The zero-order valence-electron chi connectivity index (χ0n) is 11.5. The van der Waals surface area contributed by atoms with Crippen LogP contribution in [0.3, 0.4) is 0 Å². The first-order valence-electron chi connectivity index (χ1n) is 6.72. The first-order valence-corrected chi connectivity index (χ1v) is 6.72. The van der Waals surface area contributed by atoms with Gasteiger partial charge in [0.1, 0.15) is 6.04 Å². The fraction of sp³-hybridized carbons (Fsp3) is 0.692. The van der Waals surface area contributed by atoms with Crippen LogP contribution in [0.2, 0.25) is 0 Å². The first kappa shape index (κ1) is 14.5. The van der Waals surface area contributed by atoms with E-state index in [4.69, 9.17) is 5.11 Å². The highest BCUT2D eigenvalue weighted by Crippen LogP contribution is 2.34. The number of carboxylic acids is 1. The molecule has 7 nitrogen and oxygen atoms in total. The second kappa shape index (κ2) is 5.22. The lowest BCUT2D eigenvalue weighted by atomic mass is 9.73. The average Bonchev–Trinajstić information content (AvgIpc) is 2.50. The van der Waals surface area contributed by atoms with Crippen LogP contribution in [0.5, 0.6) is 0 Å². The van der Waals surface area contributed by atoms with E-state index < -0.39 is 35.7 Å². The van der Waals surface area contributed by atoms with Crippen LogP contribution < -0.4 is 5.32 Å². The number of carbonyl (C=O) groups is 4. The summed E-state index contributed by atoms with van der Waals surface area (Å²) in [4.78, 5) is 47.7. The summed E-state index contributed by atoms with van der Waals surface area (Å²) in [6.07, 6.45) is 0.932. The Bertz CT molecular complexity index is 473. The van der Waals surface area contributed by atoms with E-state index in [1.54, 1.807) is 13.8 Å². The van der Waals surface area contributed by atoms with Crippen LogP contribution in [0.15, 0.2) is 0 Å². The third kappa shape index (κ3) is 2.39. The largest absolute Gasteiger partial charge is 0.481 e. The minimum Gasteiger partial charge on any atom is -0.481 e. The molecular formula is C13H18N2O5. The first-order chi connectivity index (χ1) is 9.32. The van der Waals surface area contributed by atoms with Crippen molar-refractivity contribution in [3.8, 4) is 0 Å². The summed E-state index contributed by atoms with van der Waals surface area (Å²) in [7, 11) is 0. The van der Waals surface area contributed by atoms with Gasteiger partial charge in [0.15, 0.2) is 0 Å². The molecule has 0 aromatic heterocycles. The van der Waals surface area contributed by atoms with Crippen molar-refractivity contribution < 1.29 is 24.3 Å². The maximum Gasteiger partial charge on any atom is 0.307 e. The molecule has 3 amide bonds. The van der Waals surface area contributed by atoms with Gasteiger partial charge >= 0.3 is 5.97 Å². The fourth-order valence-corrected chi connectivity index (χ4v) is 2.69. The van der Waals surface area contributed by atoms with Gasteiger partial charge in [-0.2, -0.15) is 0 Å². The summed E-state index contributed by atoms with van der Waals surface area (Å²) in [6.45, 7) is 3.46. The molecular weight excluding hydrogens is 264 g/mol. The van der Waals surface area contributed by atoms with Crippen LogP contribution in [-0.4, -0.2) is 45.8 Å². The summed E-state index contributed by atoms with van der Waals surface area (Å²) >= 11 is 0. The SMILES string of the molecule is CC(C)N1C(=O)CC(NC(=O)C2CCC2C(=O)O)C1=O. The highest BCUT2D eigenvalue weighted by Gasteiger charge is 2.45. The van der Waals surface area contributed by atoms with Crippen molar-refractivity contribution in [2.45, 2.75) is 45.2 Å². The lowest BCUT2D eigenvalue weighted by Gasteiger charge is -2.32. The Labute approximate surface area is 116 Å². The number of nitrogens with one attached hydrogen (secondary N) is 1. The van der Waals surface area contributed by atoms with Crippen molar-refractivity contribution in [3.05, 3.63) is 0 Å². The molecule has 3 atom stereocenters. The van der Waals surface area contributed by atoms with Crippen molar-refractivity contribution in [1.29, 1.82) is 0 Å². The molecule has 0 bridgehead atoms. The third-order valence-electron chi connectivity index (χ3n) is 3.94. The molecule has 3 unspecified atom stereocenters. The molecule has 1 aliphatic heterocycles. The standard InChI is InChI=1S/C13H18N2O5/c1-6(2)15-10(16)5-9(12(15)18)14-11(17)7-3-4-8(7)13(19)20/h6-9H,3-5H2,1-2H3,(H,14,17)(H,19,20). The van der Waals surface area contributed by atoms with E-state index in [0.717, 1.165) is 4.90 Å². The number of carbonyl (C=O) groups excluding carboxylic acids is 3. The molecule has 0 aromatic rings. The molecule has 2 fully saturated rings. The molecule has 1 saturated heterocycles. The number of rotatable bonds is 4. The predicted octanol–water partition coefficient (Wildman–Crippen LogP) is -0.251. The fourth-order valence-electron chi connectivity index (χ4n) is 2.69. The van der Waals surface area contributed by atoms with Crippen LogP contribution >= 0.6 is 0 Å². The molecule has 0 aromatic carbocycles. The van der Waals surface area contributed by atoms with E-state index in [0.29, 0.717) is 12.8 Å². The quantitative estimate of drug-likeness (QED) is 0.692. The molecule has 1 saturated carbocycles. The van der Waals surface area contributed by atoms with Gasteiger partial charge in [0.2, 0.25) is 11.8 Å². The second-order valence-corrected chi connectivity index (χ2v) is 5.59. The van der Waals surface area contributed by atoms with E-state index in [1.165, 1.54) is 0 Å². The Balaban J connectivity index is 1.98. The van der Waals surface area contributed by atoms with Crippen LogP contribution in [0, 0.1) is 11.8 Å². The lowest BCUT2D eigenvalue weighted by Crippen LogP contribution is -2.50. The third-order valence-corrected chi connectivity index (χ3v) is 3.94. The summed E-state index contributed by atoms with van der Waals surface area (Å²) in [5.41, 5.74) is 0. The Morgan fingerprint density at radius 2 is 1.85 bits per heavy atom. The van der Waals surface area contributed by atoms with E-state index in [1.807, 2.05) is 0 Å². The van der Waals surface area contributed by atoms with Gasteiger partial charge in [0.25, 0.3) is 5.91 Å². The van der Waals surface area contributed by atoms with Crippen LogP contribution in [0.25, 0.3) is 0 Å². The van der Waals surface area contributed by atoms with Gasteiger partial charge in [-0.05, 0) is 26.7 Å². The Hall–Kier alpha value is -1.92. The number of amides is 3. The van der Waals surface area contributed by atoms with Crippen LogP contribution in [-0.2, 0) is 19.2 Å². The highest BCUT2D eigenvalue weighted by atomic mass is 16.4. The van der Waals surface area contributed by atoms with E-state index in [-0.39, 0.29) is 18.4 Å². The van der Waals surface area contributed by atoms with Gasteiger partial charge in [-0.25, -0.2) is 0 Å². The van der Waals surface area contributed by atoms with Gasteiger partial charge < -0.3 is 10.4 Å². The van der Waals surface area contributed by atoms with Crippen LogP contribution in [0.4, 0.5) is 0 Å². The molecule has 1 aliphatic carbocycles. The molecule has 0 spiro atoms. The topological polar surface area (TPSA) is 104 Å². The molecule has 20 heavy (non-hydrogen) atoms. The lowest BCUT2D eigenvalue weighted by molar-refractivity contribution is -0.153. The summed E-state index contributed by atoms with van der Waals surface area (Å²) in [5, 5.41) is 11.4. The van der Waals surface area contributed by atoms with Crippen molar-refractivity contribution in [2.75, 3.05) is 0 Å². The second-order valence-electron chi connectivity index (χ2n) is 5.59. The number of hydrogen-bond acceptors (Lipinski definition) is 4. The molecule has 110 valence electrons.